The Morgan fingerprint density at radius 3 is 2.55 bits per heavy atom. The second-order valence-corrected chi connectivity index (χ2v) is 9.50. The number of hydrogen-bond donors (Lipinski definition) is 2. The van der Waals surface area contributed by atoms with Crippen LogP contribution in [-0.4, -0.2) is 59.1 Å². The fourth-order valence-electron chi connectivity index (χ4n) is 5.10. The van der Waals surface area contributed by atoms with Crippen LogP contribution in [0.4, 0.5) is 22.4 Å². The third kappa shape index (κ3) is 5.96. The zero-order chi connectivity index (χ0) is 24.5. The van der Waals surface area contributed by atoms with Crippen molar-refractivity contribution in [3.05, 3.63) is 35.1 Å². The van der Waals surface area contributed by atoms with Gasteiger partial charge in [0.2, 0.25) is 5.91 Å². The van der Waals surface area contributed by atoms with E-state index >= 15 is 0 Å². The molecule has 3 rings (SSSR count). The molecule has 1 aliphatic heterocycles. The van der Waals surface area contributed by atoms with Crippen LogP contribution < -0.4 is 5.32 Å². The molecule has 10 heteroatoms. The average Bonchev–Trinajstić information content (AvgIpc) is 3.27. The van der Waals surface area contributed by atoms with Gasteiger partial charge in [0.05, 0.1) is 5.56 Å². The summed E-state index contributed by atoms with van der Waals surface area (Å²) in [6, 6.07) is 2.77. The van der Waals surface area contributed by atoms with Crippen molar-refractivity contribution >= 4 is 12.0 Å². The van der Waals surface area contributed by atoms with E-state index in [1.807, 2.05) is 0 Å². The van der Waals surface area contributed by atoms with Crippen molar-refractivity contribution in [2.75, 3.05) is 20.1 Å². The largest absolute Gasteiger partial charge is 0.465 e. The number of benzene rings is 1. The van der Waals surface area contributed by atoms with E-state index in [0.717, 1.165) is 31.5 Å². The minimum Gasteiger partial charge on any atom is -0.465 e. The molecule has 184 valence electrons. The molecule has 0 aromatic heterocycles. The number of carbonyl (C=O) groups is 2. The molecule has 1 unspecified atom stereocenters. The lowest BCUT2D eigenvalue weighted by Crippen LogP contribution is -2.44. The molecule has 2 aliphatic rings. The number of nitrogens with zero attached hydrogens (tertiary/aromatic N) is 2. The number of rotatable bonds is 7. The number of nitrogens with one attached hydrogen (secondary N) is 1. The Hall–Kier alpha value is -2.36. The molecule has 6 nitrogen and oxygen atoms in total. The van der Waals surface area contributed by atoms with E-state index in [2.05, 4.69) is 10.2 Å². The fourth-order valence-corrected chi connectivity index (χ4v) is 5.10. The number of amides is 2. The molecule has 1 aromatic carbocycles. The molecular weight excluding hydrogens is 442 g/mol. The minimum atomic E-state index is -4.71. The zero-order valence-electron chi connectivity index (χ0n) is 19.0. The average molecular weight is 474 g/mol. The van der Waals surface area contributed by atoms with Crippen LogP contribution in [0, 0.1) is 23.6 Å². The minimum absolute atomic E-state index is 0.00630. The first-order chi connectivity index (χ1) is 15.4. The number of hydrogen-bond acceptors (Lipinski definition) is 3. The molecule has 33 heavy (non-hydrogen) atoms. The van der Waals surface area contributed by atoms with E-state index in [9.17, 15) is 27.2 Å². The van der Waals surface area contributed by atoms with Gasteiger partial charge in [-0.25, -0.2) is 9.18 Å². The maximum absolute atomic E-state index is 13.9. The van der Waals surface area contributed by atoms with Crippen molar-refractivity contribution in [1.29, 1.82) is 0 Å². The second-order valence-electron chi connectivity index (χ2n) is 9.50. The van der Waals surface area contributed by atoms with Crippen LogP contribution in [0.1, 0.15) is 44.2 Å². The third-order valence-corrected chi connectivity index (χ3v) is 7.11. The summed E-state index contributed by atoms with van der Waals surface area (Å²) >= 11 is 0. The number of carboxylic acid groups (broad SMARTS) is 1. The van der Waals surface area contributed by atoms with Crippen molar-refractivity contribution in [1.82, 2.24) is 15.1 Å². The molecule has 0 spiro atoms. The first-order valence-corrected chi connectivity index (χ1v) is 11.2. The summed E-state index contributed by atoms with van der Waals surface area (Å²) in [5.74, 6) is -1.09. The SMILES string of the molecule is CC(C[C@H](C)C(=O)N[C@@H]1CC[C@H]2CN(Cc3ccc(C(F)(F)F)c(F)c3)C[C@H]21)N(C)C(=O)O. The molecular formula is C23H31F4N3O3. The lowest BCUT2D eigenvalue weighted by Gasteiger charge is -2.27. The fraction of sp³-hybridized carbons (Fsp3) is 0.652. The van der Waals surface area contributed by atoms with Crippen LogP contribution in [0.25, 0.3) is 0 Å². The molecule has 1 saturated carbocycles. The Bertz CT molecular complexity index is 879. The normalized spacial score (nSPS) is 24.9. The summed E-state index contributed by atoms with van der Waals surface area (Å²) in [4.78, 5) is 27.1. The van der Waals surface area contributed by atoms with Gasteiger partial charge in [0.15, 0.2) is 0 Å². The Balaban J connectivity index is 1.54. The quantitative estimate of drug-likeness (QED) is 0.583. The Morgan fingerprint density at radius 1 is 1.24 bits per heavy atom. The highest BCUT2D eigenvalue weighted by Gasteiger charge is 2.43. The van der Waals surface area contributed by atoms with E-state index in [1.54, 1.807) is 13.8 Å². The van der Waals surface area contributed by atoms with Crippen molar-refractivity contribution in [3.63, 3.8) is 0 Å². The van der Waals surface area contributed by atoms with Crippen LogP contribution in [0.3, 0.4) is 0 Å². The topological polar surface area (TPSA) is 72.9 Å². The lowest BCUT2D eigenvalue weighted by molar-refractivity contribution is -0.140. The summed E-state index contributed by atoms with van der Waals surface area (Å²) in [5.41, 5.74) is -0.767. The van der Waals surface area contributed by atoms with Crippen LogP contribution in [0.15, 0.2) is 18.2 Å². The second kappa shape index (κ2) is 9.87. The Kier molecular flexibility index (Phi) is 7.55. The smallest absolute Gasteiger partial charge is 0.419 e. The summed E-state index contributed by atoms with van der Waals surface area (Å²) in [7, 11) is 1.48. The van der Waals surface area contributed by atoms with Crippen LogP contribution in [0.5, 0.6) is 0 Å². The van der Waals surface area contributed by atoms with E-state index in [4.69, 9.17) is 5.11 Å². The standard InChI is InChI=1S/C23H31F4N3O3/c1-13(8-14(2)29(3)22(32)33)21(31)28-20-7-5-16-11-30(12-17(16)20)10-15-4-6-18(19(24)9-15)23(25,26)27/h4,6,9,13-14,16-17,20H,5,7-8,10-12H2,1-3H3,(H,28,31)(H,32,33)/t13-,14?,16-,17+,20+/m0/s1. The Labute approximate surface area is 190 Å². The monoisotopic (exact) mass is 473 g/mol. The van der Waals surface area contributed by atoms with Crippen molar-refractivity contribution in [2.45, 2.75) is 57.9 Å². The molecule has 0 bridgehead atoms. The molecule has 2 N–H and O–H groups in total. The highest BCUT2D eigenvalue weighted by atomic mass is 19.4. The van der Waals surface area contributed by atoms with Gasteiger partial charge < -0.3 is 15.3 Å². The van der Waals surface area contributed by atoms with Crippen LogP contribution in [0.2, 0.25) is 0 Å². The highest BCUT2D eigenvalue weighted by molar-refractivity contribution is 5.78. The lowest BCUT2D eigenvalue weighted by atomic mass is 9.96. The number of fused-ring (bicyclic) bond motifs is 1. The molecule has 5 atom stereocenters. The predicted octanol–water partition coefficient (Wildman–Crippen LogP) is 4.20. The van der Waals surface area contributed by atoms with E-state index in [-0.39, 0.29) is 29.8 Å². The summed E-state index contributed by atoms with van der Waals surface area (Å²) in [6.45, 7) is 5.36. The number of halogens is 4. The van der Waals surface area contributed by atoms with E-state index in [1.165, 1.54) is 18.0 Å². The number of carbonyl (C=O) groups excluding carboxylic acids is 1. The van der Waals surface area contributed by atoms with Gasteiger partial charge in [-0.05, 0) is 55.7 Å². The summed E-state index contributed by atoms with van der Waals surface area (Å²) in [5, 5.41) is 12.2. The van der Waals surface area contributed by atoms with E-state index in [0.29, 0.717) is 31.0 Å². The summed E-state index contributed by atoms with van der Waals surface area (Å²) < 4.78 is 52.2. The number of alkyl halides is 3. The molecule has 1 heterocycles. The molecule has 1 aromatic rings. The van der Waals surface area contributed by atoms with Gasteiger partial charge in [0, 0.05) is 44.7 Å². The van der Waals surface area contributed by atoms with Gasteiger partial charge in [-0.15, -0.1) is 0 Å². The van der Waals surface area contributed by atoms with Gasteiger partial charge in [-0.3, -0.25) is 9.69 Å². The molecule has 1 aliphatic carbocycles. The predicted molar refractivity (Wildman–Crippen MR) is 114 cm³/mol. The van der Waals surface area contributed by atoms with Crippen LogP contribution in [-0.2, 0) is 17.5 Å². The van der Waals surface area contributed by atoms with E-state index < -0.39 is 23.7 Å². The van der Waals surface area contributed by atoms with Crippen molar-refractivity contribution in [3.8, 4) is 0 Å². The van der Waals surface area contributed by atoms with Gasteiger partial charge in [0.1, 0.15) is 5.82 Å². The molecule has 2 fully saturated rings. The first-order valence-electron chi connectivity index (χ1n) is 11.2. The molecule has 2 amide bonds. The molecule has 1 saturated heterocycles. The molecule has 0 radical (unpaired) electrons. The first kappa shape index (κ1) is 25.3. The highest BCUT2D eigenvalue weighted by Crippen LogP contribution is 2.39. The third-order valence-electron chi connectivity index (χ3n) is 7.11. The zero-order valence-corrected chi connectivity index (χ0v) is 19.0. The Morgan fingerprint density at radius 2 is 1.94 bits per heavy atom. The maximum atomic E-state index is 13.9. The number of likely N-dealkylation sites (tertiary alicyclic amines) is 1. The maximum Gasteiger partial charge on any atom is 0.419 e. The van der Waals surface area contributed by atoms with Crippen molar-refractivity contribution in [2.24, 2.45) is 17.8 Å². The van der Waals surface area contributed by atoms with Gasteiger partial charge >= 0.3 is 12.3 Å². The summed E-state index contributed by atoms with van der Waals surface area (Å²) in [6.07, 6.45) is -3.52. The van der Waals surface area contributed by atoms with Gasteiger partial charge in [-0.2, -0.15) is 13.2 Å². The van der Waals surface area contributed by atoms with Gasteiger partial charge in [0.25, 0.3) is 0 Å². The van der Waals surface area contributed by atoms with Gasteiger partial charge in [-0.1, -0.05) is 13.0 Å². The van der Waals surface area contributed by atoms with Crippen LogP contribution >= 0.6 is 0 Å². The van der Waals surface area contributed by atoms with Crippen molar-refractivity contribution < 1.29 is 32.3 Å².